The number of pyridine rings is 1. The molecule has 1 atom stereocenters. The van der Waals surface area contributed by atoms with Crippen molar-refractivity contribution in [1.29, 1.82) is 0 Å². The van der Waals surface area contributed by atoms with Crippen LogP contribution in [0.25, 0.3) is 17.1 Å². The standard InChI is InChI=1S/C26H26ClN5OS/c1-5-23(25(33)29-22-9-6-16(2)14-18(22)4)34-26-31-30-24(19-10-12-28-13-11-19)32(26)20-8-7-17(3)21(27)15-20/h6-15,23H,5H2,1-4H3,(H,29,33)/t23-/m0/s1. The summed E-state index contributed by atoms with van der Waals surface area (Å²) in [5, 5.41) is 12.9. The van der Waals surface area contributed by atoms with E-state index in [1.807, 2.05) is 74.7 Å². The first-order valence-electron chi connectivity index (χ1n) is 11.0. The van der Waals surface area contributed by atoms with E-state index in [9.17, 15) is 4.79 Å². The van der Waals surface area contributed by atoms with Gasteiger partial charge in [0.25, 0.3) is 0 Å². The van der Waals surface area contributed by atoms with Crippen LogP contribution in [0.3, 0.4) is 0 Å². The molecule has 2 heterocycles. The van der Waals surface area contributed by atoms with Gasteiger partial charge in [0, 0.05) is 28.7 Å². The summed E-state index contributed by atoms with van der Waals surface area (Å²) < 4.78 is 1.94. The number of halogens is 1. The van der Waals surface area contributed by atoms with Crippen LogP contribution in [-0.4, -0.2) is 30.9 Å². The number of thioether (sulfide) groups is 1. The molecule has 6 nitrogen and oxygen atoms in total. The first-order valence-corrected chi connectivity index (χ1v) is 12.3. The minimum Gasteiger partial charge on any atom is -0.325 e. The molecule has 34 heavy (non-hydrogen) atoms. The second-order valence-corrected chi connectivity index (χ2v) is 9.71. The molecule has 0 saturated heterocycles. The van der Waals surface area contributed by atoms with Crippen LogP contribution in [0.5, 0.6) is 0 Å². The Morgan fingerprint density at radius 3 is 2.47 bits per heavy atom. The van der Waals surface area contributed by atoms with Gasteiger partial charge in [-0.2, -0.15) is 0 Å². The van der Waals surface area contributed by atoms with Crippen LogP contribution in [-0.2, 0) is 4.79 Å². The maximum atomic E-state index is 13.2. The van der Waals surface area contributed by atoms with E-state index in [-0.39, 0.29) is 11.2 Å². The summed E-state index contributed by atoms with van der Waals surface area (Å²) in [5.74, 6) is 0.593. The van der Waals surface area contributed by atoms with Crippen molar-refractivity contribution >= 4 is 35.0 Å². The topological polar surface area (TPSA) is 72.7 Å². The number of benzene rings is 2. The largest absolute Gasteiger partial charge is 0.325 e. The van der Waals surface area contributed by atoms with Crippen LogP contribution < -0.4 is 5.32 Å². The molecule has 0 bridgehead atoms. The van der Waals surface area contributed by atoms with E-state index in [4.69, 9.17) is 11.6 Å². The third-order valence-corrected chi connectivity index (χ3v) is 7.25. The third-order valence-electron chi connectivity index (χ3n) is 5.54. The van der Waals surface area contributed by atoms with E-state index in [1.54, 1.807) is 12.4 Å². The Kier molecular flexibility index (Phi) is 7.34. The van der Waals surface area contributed by atoms with Gasteiger partial charge in [-0.05, 0) is 68.7 Å². The zero-order valence-corrected chi connectivity index (χ0v) is 21.1. The second-order valence-electron chi connectivity index (χ2n) is 8.13. The molecule has 0 unspecified atom stereocenters. The Morgan fingerprint density at radius 2 is 1.79 bits per heavy atom. The molecule has 0 saturated carbocycles. The number of amides is 1. The lowest BCUT2D eigenvalue weighted by molar-refractivity contribution is -0.115. The van der Waals surface area contributed by atoms with E-state index in [1.165, 1.54) is 11.8 Å². The highest BCUT2D eigenvalue weighted by atomic mass is 35.5. The van der Waals surface area contributed by atoms with Crippen molar-refractivity contribution in [1.82, 2.24) is 19.7 Å². The average molecular weight is 492 g/mol. The zero-order valence-electron chi connectivity index (χ0n) is 19.5. The highest BCUT2D eigenvalue weighted by molar-refractivity contribution is 8.00. The summed E-state index contributed by atoms with van der Waals surface area (Å²) in [6.45, 7) is 7.98. The van der Waals surface area contributed by atoms with Gasteiger partial charge in [0.2, 0.25) is 5.91 Å². The number of rotatable bonds is 7. The molecular weight excluding hydrogens is 466 g/mol. The molecule has 1 N–H and O–H groups in total. The number of aryl methyl sites for hydroxylation is 3. The van der Waals surface area contributed by atoms with Gasteiger partial charge in [0.1, 0.15) is 0 Å². The SMILES string of the molecule is CC[C@H](Sc1nnc(-c2ccncc2)n1-c1ccc(C)c(Cl)c1)C(=O)Nc1ccc(C)cc1C. The third kappa shape index (κ3) is 5.16. The molecule has 0 radical (unpaired) electrons. The van der Waals surface area contributed by atoms with E-state index in [2.05, 4.69) is 26.6 Å². The van der Waals surface area contributed by atoms with Gasteiger partial charge in [-0.15, -0.1) is 10.2 Å². The van der Waals surface area contributed by atoms with Crippen LogP contribution >= 0.6 is 23.4 Å². The molecule has 0 fully saturated rings. The van der Waals surface area contributed by atoms with Gasteiger partial charge < -0.3 is 5.32 Å². The van der Waals surface area contributed by atoms with Crippen LogP contribution in [0.1, 0.15) is 30.0 Å². The van der Waals surface area contributed by atoms with E-state index >= 15 is 0 Å². The fraction of sp³-hybridized carbons (Fsp3) is 0.231. The molecule has 4 rings (SSSR count). The number of carbonyl (C=O) groups is 1. The van der Waals surface area contributed by atoms with Crippen molar-refractivity contribution in [3.63, 3.8) is 0 Å². The molecule has 0 aliphatic heterocycles. The molecule has 0 aliphatic carbocycles. The van der Waals surface area contributed by atoms with Gasteiger partial charge in [0.05, 0.1) is 10.9 Å². The first-order chi connectivity index (χ1) is 16.4. The van der Waals surface area contributed by atoms with Gasteiger partial charge in [-0.3, -0.25) is 14.3 Å². The lowest BCUT2D eigenvalue weighted by atomic mass is 10.1. The molecule has 174 valence electrons. The first kappa shape index (κ1) is 24.0. The molecule has 2 aromatic heterocycles. The number of nitrogens with one attached hydrogen (secondary N) is 1. The normalized spacial score (nSPS) is 11.9. The van der Waals surface area contributed by atoms with Crippen LogP contribution in [0.2, 0.25) is 5.02 Å². The van der Waals surface area contributed by atoms with Crippen molar-refractivity contribution < 1.29 is 4.79 Å². The number of anilines is 1. The summed E-state index contributed by atoms with van der Waals surface area (Å²) in [7, 11) is 0. The van der Waals surface area contributed by atoms with Crippen molar-refractivity contribution in [2.75, 3.05) is 5.32 Å². The Hall–Kier alpha value is -3.16. The predicted molar refractivity (Wildman–Crippen MR) is 139 cm³/mol. The van der Waals surface area contributed by atoms with Gasteiger partial charge in [0.15, 0.2) is 11.0 Å². The molecule has 2 aromatic carbocycles. The second kappa shape index (κ2) is 10.4. The summed E-state index contributed by atoms with van der Waals surface area (Å²) in [6.07, 6.45) is 4.07. The number of carbonyl (C=O) groups excluding carboxylic acids is 1. The molecule has 4 aromatic rings. The molecule has 8 heteroatoms. The van der Waals surface area contributed by atoms with E-state index < -0.39 is 0 Å². The highest BCUT2D eigenvalue weighted by Crippen LogP contribution is 2.33. The molecule has 1 amide bonds. The van der Waals surface area contributed by atoms with Crippen LogP contribution in [0.15, 0.2) is 66.1 Å². The number of aromatic nitrogens is 4. The number of hydrogen-bond acceptors (Lipinski definition) is 5. The van der Waals surface area contributed by atoms with Gasteiger partial charge >= 0.3 is 0 Å². The van der Waals surface area contributed by atoms with Crippen molar-refractivity contribution in [3.8, 4) is 17.1 Å². The summed E-state index contributed by atoms with van der Waals surface area (Å²) in [6, 6.07) is 15.6. The van der Waals surface area contributed by atoms with E-state index in [0.717, 1.165) is 33.6 Å². The summed E-state index contributed by atoms with van der Waals surface area (Å²) in [5.41, 5.74) is 5.70. The van der Waals surface area contributed by atoms with E-state index in [0.29, 0.717) is 22.4 Å². The Morgan fingerprint density at radius 1 is 1.03 bits per heavy atom. The fourth-order valence-corrected chi connectivity index (χ4v) is 4.75. The van der Waals surface area contributed by atoms with Crippen molar-refractivity contribution in [2.45, 2.75) is 44.5 Å². The predicted octanol–water partition coefficient (Wildman–Crippen LogP) is 6.42. The van der Waals surface area contributed by atoms with Crippen LogP contribution in [0, 0.1) is 20.8 Å². The van der Waals surface area contributed by atoms with Crippen LogP contribution in [0.4, 0.5) is 5.69 Å². The number of hydrogen-bond donors (Lipinski definition) is 1. The van der Waals surface area contributed by atoms with Crippen molar-refractivity contribution in [2.24, 2.45) is 0 Å². The lowest BCUT2D eigenvalue weighted by Gasteiger charge is -2.17. The zero-order chi connectivity index (χ0) is 24.2. The average Bonchev–Trinajstić information content (AvgIpc) is 3.25. The Bertz CT molecular complexity index is 1320. The smallest absolute Gasteiger partial charge is 0.237 e. The van der Waals surface area contributed by atoms with Gasteiger partial charge in [-0.1, -0.05) is 54.0 Å². The minimum atomic E-state index is -0.352. The Labute approximate surface area is 208 Å². The summed E-state index contributed by atoms with van der Waals surface area (Å²) >= 11 is 7.84. The maximum absolute atomic E-state index is 13.2. The molecule has 0 aliphatic rings. The molecule has 0 spiro atoms. The summed E-state index contributed by atoms with van der Waals surface area (Å²) in [4.78, 5) is 17.3. The minimum absolute atomic E-state index is 0.0681. The highest BCUT2D eigenvalue weighted by Gasteiger charge is 2.24. The monoisotopic (exact) mass is 491 g/mol. The lowest BCUT2D eigenvalue weighted by Crippen LogP contribution is -2.25. The Balaban J connectivity index is 1.69. The number of nitrogens with zero attached hydrogens (tertiary/aromatic N) is 4. The molecular formula is C26H26ClN5OS. The van der Waals surface area contributed by atoms with Gasteiger partial charge in [-0.25, -0.2) is 0 Å². The maximum Gasteiger partial charge on any atom is 0.237 e. The quantitative estimate of drug-likeness (QED) is 0.302. The fourth-order valence-electron chi connectivity index (χ4n) is 3.60. The van der Waals surface area contributed by atoms with Crippen molar-refractivity contribution in [3.05, 3.63) is 82.6 Å².